The molecule has 0 aromatic carbocycles. The van der Waals surface area contributed by atoms with Gasteiger partial charge in [-0.3, -0.25) is 14.5 Å². The van der Waals surface area contributed by atoms with Gasteiger partial charge in [-0.05, 0) is 64.7 Å². The Hall–Kier alpha value is -3.29. The molecule has 0 unspecified atom stereocenters. The molecule has 0 spiro atoms. The Balaban J connectivity index is 1.35. The first-order valence-electron chi connectivity index (χ1n) is 11.4. The molecule has 0 saturated heterocycles. The smallest absolute Gasteiger partial charge is 0.407 e. The minimum atomic E-state index is -0.516. The SMILES string of the molecule is Cn1cc(-c2ccc3cnc(CC(=O)C4CCC(NC(=O)OC(C)(C)C)CC4)cc3n2)cn1. The first-order valence-corrected chi connectivity index (χ1v) is 11.4. The number of nitrogens with one attached hydrogen (secondary N) is 1. The molecule has 4 rings (SSSR count). The Morgan fingerprint density at radius 1 is 1.15 bits per heavy atom. The molecule has 8 heteroatoms. The minimum Gasteiger partial charge on any atom is -0.444 e. The third-order valence-electron chi connectivity index (χ3n) is 5.89. The Morgan fingerprint density at radius 3 is 2.58 bits per heavy atom. The summed E-state index contributed by atoms with van der Waals surface area (Å²) >= 11 is 0. The number of pyridine rings is 2. The number of alkyl carbamates (subject to hydrolysis) is 1. The van der Waals surface area contributed by atoms with Crippen LogP contribution in [-0.4, -0.2) is 43.3 Å². The molecule has 33 heavy (non-hydrogen) atoms. The van der Waals surface area contributed by atoms with E-state index in [1.807, 2.05) is 52.2 Å². The number of nitrogens with zero attached hydrogens (tertiary/aromatic N) is 4. The minimum absolute atomic E-state index is 0.00568. The summed E-state index contributed by atoms with van der Waals surface area (Å²) in [5.74, 6) is 0.190. The van der Waals surface area contributed by atoms with Gasteiger partial charge in [-0.1, -0.05) is 0 Å². The van der Waals surface area contributed by atoms with E-state index in [9.17, 15) is 9.59 Å². The van der Waals surface area contributed by atoms with Gasteiger partial charge in [0, 0.05) is 54.5 Å². The van der Waals surface area contributed by atoms with Crippen LogP contribution in [0, 0.1) is 5.92 Å². The van der Waals surface area contributed by atoms with Crippen LogP contribution in [-0.2, 0) is 23.0 Å². The average molecular weight is 450 g/mol. The van der Waals surface area contributed by atoms with Crippen molar-refractivity contribution in [3.05, 3.63) is 42.5 Å². The fraction of sp³-hybridized carbons (Fsp3) is 0.480. The van der Waals surface area contributed by atoms with E-state index >= 15 is 0 Å². The lowest BCUT2D eigenvalue weighted by molar-refractivity contribution is -0.123. The summed E-state index contributed by atoms with van der Waals surface area (Å²) in [6.45, 7) is 5.54. The molecule has 174 valence electrons. The van der Waals surface area contributed by atoms with Gasteiger partial charge in [-0.15, -0.1) is 0 Å². The maximum atomic E-state index is 12.9. The zero-order valence-electron chi connectivity index (χ0n) is 19.7. The average Bonchev–Trinajstić information content (AvgIpc) is 3.18. The van der Waals surface area contributed by atoms with Crippen LogP contribution in [0.5, 0.6) is 0 Å². The summed E-state index contributed by atoms with van der Waals surface area (Å²) in [4.78, 5) is 34.1. The predicted molar refractivity (Wildman–Crippen MR) is 126 cm³/mol. The number of ether oxygens (including phenoxy) is 1. The third kappa shape index (κ3) is 5.94. The highest BCUT2D eigenvalue weighted by molar-refractivity contribution is 5.85. The Morgan fingerprint density at radius 2 is 1.91 bits per heavy atom. The number of carbonyl (C=O) groups is 2. The predicted octanol–water partition coefficient (Wildman–Crippen LogP) is 4.23. The molecular formula is C25H31N5O3. The maximum Gasteiger partial charge on any atom is 0.407 e. The number of fused-ring (bicyclic) bond motifs is 1. The van der Waals surface area contributed by atoms with Gasteiger partial charge >= 0.3 is 6.09 Å². The molecule has 1 fully saturated rings. The van der Waals surface area contributed by atoms with Crippen LogP contribution in [0.25, 0.3) is 22.2 Å². The first kappa shape index (κ1) is 22.9. The van der Waals surface area contributed by atoms with E-state index in [0.717, 1.165) is 53.5 Å². The third-order valence-corrected chi connectivity index (χ3v) is 5.89. The molecule has 0 atom stereocenters. The van der Waals surface area contributed by atoms with Crippen LogP contribution < -0.4 is 5.32 Å². The van der Waals surface area contributed by atoms with Crippen LogP contribution in [0.3, 0.4) is 0 Å². The Labute approximate surface area is 193 Å². The molecule has 0 aliphatic heterocycles. The lowest BCUT2D eigenvalue weighted by Gasteiger charge is -2.29. The highest BCUT2D eigenvalue weighted by Crippen LogP contribution is 2.27. The molecule has 3 aromatic rings. The molecule has 3 heterocycles. The molecule has 1 amide bonds. The highest BCUT2D eigenvalue weighted by Gasteiger charge is 2.28. The van der Waals surface area contributed by atoms with Crippen LogP contribution in [0.2, 0.25) is 0 Å². The lowest BCUT2D eigenvalue weighted by Crippen LogP contribution is -2.41. The van der Waals surface area contributed by atoms with Crippen LogP contribution in [0.1, 0.15) is 52.1 Å². The van der Waals surface area contributed by atoms with Crippen molar-refractivity contribution >= 4 is 22.8 Å². The monoisotopic (exact) mass is 449 g/mol. The van der Waals surface area contributed by atoms with Crippen molar-refractivity contribution in [2.24, 2.45) is 13.0 Å². The van der Waals surface area contributed by atoms with Gasteiger partial charge in [0.05, 0.1) is 17.4 Å². The standard InChI is InChI=1S/C25H31N5O3/c1-25(2,3)33-24(32)28-19-8-5-16(6-9-19)23(31)12-20-11-22-17(13-26-20)7-10-21(29-22)18-14-27-30(4)15-18/h7,10-11,13-16,19H,5-6,8-9,12H2,1-4H3,(H,28,32). The van der Waals surface area contributed by atoms with E-state index in [-0.39, 0.29) is 17.7 Å². The maximum absolute atomic E-state index is 12.9. The zero-order valence-corrected chi connectivity index (χ0v) is 19.7. The van der Waals surface area contributed by atoms with Crippen LogP contribution in [0.15, 0.2) is 36.8 Å². The first-order chi connectivity index (χ1) is 15.7. The molecule has 0 bridgehead atoms. The summed E-state index contributed by atoms with van der Waals surface area (Å²) in [7, 11) is 1.87. The molecular weight excluding hydrogens is 418 g/mol. The van der Waals surface area contributed by atoms with Crippen LogP contribution >= 0.6 is 0 Å². The summed E-state index contributed by atoms with van der Waals surface area (Å²) in [6.07, 6.45) is 8.46. The van der Waals surface area contributed by atoms with E-state index in [1.54, 1.807) is 17.1 Å². The highest BCUT2D eigenvalue weighted by atomic mass is 16.6. The van der Waals surface area contributed by atoms with Gasteiger partial charge in [-0.25, -0.2) is 9.78 Å². The van der Waals surface area contributed by atoms with Gasteiger partial charge < -0.3 is 10.1 Å². The number of Topliss-reactive ketones (excluding diaryl/α,β-unsaturated/α-hetero) is 1. The second kappa shape index (κ2) is 9.29. The number of rotatable bonds is 5. The molecule has 1 aliphatic rings. The number of aromatic nitrogens is 4. The Kier molecular flexibility index (Phi) is 6.44. The number of ketones is 1. The summed E-state index contributed by atoms with van der Waals surface area (Å²) < 4.78 is 7.08. The topological polar surface area (TPSA) is 99.0 Å². The number of hydrogen-bond acceptors (Lipinski definition) is 6. The fourth-order valence-corrected chi connectivity index (χ4v) is 4.23. The van der Waals surface area contributed by atoms with Crippen molar-refractivity contribution in [2.45, 2.75) is 64.5 Å². The largest absolute Gasteiger partial charge is 0.444 e. The van der Waals surface area contributed by atoms with Gasteiger partial charge in [0.25, 0.3) is 0 Å². The van der Waals surface area contributed by atoms with E-state index in [0.29, 0.717) is 6.42 Å². The van der Waals surface area contributed by atoms with E-state index in [4.69, 9.17) is 9.72 Å². The van der Waals surface area contributed by atoms with Crippen molar-refractivity contribution < 1.29 is 14.3 Å². The lowest BCUT2D eigenvalue weighted by atomic mass is 9.82. The second-order valence-corrected chi connectivity index (χ2v) is 9.81. The van der Waals surface area contributed by atoms with Crippen molar-refractivity contribution in [1.82, 2.24) is 25.1 Å². The van der Waals surface area contributed by atoms with Crippen molar-refractivity contribution in [3.63, 3.8) is 0 Å². The molecule has 1 saturated carbocycles. The number of hydrogen-bond donors (Lipinski definition) is 1. The van der Waals surface area contributed by atoms with Gasteiger partial charge in [0.2, 0.25) is 0 Å². The number of aryl methyl sites for hydroxylation is 1. The molecule has 8 nitrogen and oxygen atoms in total. The molecule has 0 radical (unpaired) electrons. The van der Waals surface area contributed by atoms with E-state index in [2.05, 4.69) is 15.4 Å². The van der Waals surface area contributed by atoms with E-state index < -0.39 is 11.7 Å². The normalized spacial score (nSPS) is 18.8. The summed E-state index contributed by atoms with van der Waals surface area (Å²) in [5.41, 5.74) is 2.83. The van der Waals surface area contributed by atoms with Crippen LogP contribution in [0.4, 0.5) is 4.79 Å². The second-order valence-electron chi connectivity index (χ2n) is 9.81. The quantitative estimate of drug-likeness (QED) is 0.626. The van der Waals surface area contributed by atoms with Crippen molar-refractivity contribution in [2.75, 3.05) is 0 Å². The van der Waals surface area contributed by atoms with Gasteiger partial charge in [0.15, 0.2) is 0 Å². The van der Waals surface area contributed by atoms with E-state index in [1.165, 1.54) is 0 Å². The van der Waals surface area contributed by atoms with Crippen molar-refractivity contribution in [1.29, 1.82) is 0 Å². The number of amides is 1. The summed E-state index contributed by atoms with van der Waals surface area (Å²) in [6, 6.07) is 5.90. The molecule has 3 aromatic heterocycles. The number of carbonyl (C=O) groups excluding carboxylic acids is 2. The molecule has 1 aliphatic carbocycles. The summed E-state index contributed by atoms with van der Waals surface area (Å²) in [5, 5.41) is 8.07. The van der Waals surface area contributed by atoms with Gasteiger partial charge in [-0.2, -0.15) is 5.10 Å². The zero-order chi connectivity index (χ0) is 23.6. The van der Waals surface area contributed by atoms with Gasteiger partial charge in [0.1, 0.15) is 11.4 Å². The Bertz CT molecular complexity index is 1160. The van der Waals surface area contributed by atoms with Crippen molar-refractivity contribution in [3.8, 4) is 11.3 Å². The molecule has 1 N–H and O–H groups in total. The fourth-order valence-electron chi connectivity index (χ4n) is 4.23.